The van der Waals surface area contributed by atoms with Gasteiger partial charge in [-0.2, -0.15) is 0 Å². The van der Waals surface area contributed by atoms with Crippen LogP contribution in [0.25, 0.3) is 0 Å². The van der Waals surface area contributed by atoms with E-state index in [2.05, 4.69) is 13.8 Å². The second-order valence-electron chi connectivity index (χ2n) is 10.9. The third kappa shape index (κ3) is 3.58. The highest BCUT2D eigenvalue weighted by atomic mass is 14.6. The van der Waals surface area contributed by atoms with Crippen LogP contribution in [0.3, 0.4) is 0 Å². The van der Waals surface area contributed by atoms with E-state index in [1.807, 2.05) is 0 Å². The van der Waals surface area contributed by atoms with Gasteiger partial charge in [0.25, 0.3) is 0 Å². The SMILES string of the molecule is CCCC12CCC(C3CCC(C4CCC(CC)CC4)CC3)(CC1)CC2. The van der Waals surface area contributed by atoms with Crippen LogP contribution in [0, 0.1) is 34.5 Å². The van der Waals surface area contributed by atoms with E-state index in [9.17, 15) is 0 Å². The van der Waals surface area contributed by atoms with Crippen molar-refractivity contribution in [2.45, 2.75) is 123 Å². The van der Waals surface area contributed by atoms with Crippen LogP contribution in [0.4, 0.5) is 0 Å². The van der Waals surface area contributed by atoms with E-state index in [1.165, 1.54) is 19.3 Å². The average molecular weight is 345 g/mol. The van der Waals surface area contributed by atoms with Crippen molar-refractivity contribution in [2.24, 2.45) is 34.5 Å². The molecule has 0 saturated heterocycles. The van der Waals surface area contributed by atoms with Crippen molar-refractivity contribution in [3.05, 3.63) is 0 Å². The lowest BCUT2D eigenvalue weighted by Gasteiger charge is -2.58. The number of rotatable bonds is 5. The van der Waals surface area contributed by atoms with Crippen molar-refractivity contribution < 1.29 is 0 Å². The molecule has 5 saturated carbocycles. The van der Waals surface area contributed by atoms with Gasteiger partial charge in [0.15, 0.2) is 0 Å². The molecule has 0 aliphatic heterocycles. The van der Waals surface area contributed by atoms with Crippen molar-refractivity contribution in [3.8, 4) is 0 Å². The van der Waals surface area contributed by atoms with Crippen LogP contribution in [0.2, 0.25) is 0 Å². The first-order valence-corrected chi connectivity index (χ1v) is 12.2. The summed E-state index contributed by atoms with van der Waals surface area (Å²) >= 11 is 0. The van der Waals surface area contributed by atoms with E-state index in [0.29, 0.717) is 0 Å². The van der Waals surface area contributed by atoms with Gasteiger partial charge < -0.3 is 0 Å². The molecule has 25 heavy (non-hydrogen) atoms. The molecule has 0 unspecified atom stereocenters. The Morgan fingerprint density at radius 2 is 1.16 bits per heavy atom. The molecular formula is C25H44. The van der Waals surface area contributed by atoms with Gasteiger partial charge in [-0.15, -0.1) is 0 Å². The van der Waals surface area contributed by atoms with E-state index in [-0.39, 0.29) is 0 Å². The van der Waals surface area contributed by atoms with Gasteiger partial charge in [0.2, 0.25) is 0 Å². The van der Waals surface area contributed by atoms with Crippen LogP contribution in [-0.2, 0) is 0 Å². The van der Waals surface area contributed by atoms with Gasteiger partial charge in [-0.05, 0) is 118 Å². The second-order valence-corrected chi connectivity index (χ2v) is 10.9. The highest BCUT2D eigenvalue weighted by Crippen LogP contribution is 2.63. The lowest BCUT2D eigenvalue weighted by atomic mass is 9.47. The molecule has 0 aromatic rings. The standard InChI is InChI=1S/C25H44/c1-3-13-24-14-17-25(18-15-24,19-16-24)23-11-9-22(10-12-23)21-7-5-20(4-2)6-8-21/h20-23H,3-19H2,1-2H3. The summed E-state index contributed by atoms with van der Waals surface area (Å²) in [4.78, 5) is 0. The third-order valence-corrected chi connectivity index (χ3v) is 10.0. The fourth-order valence-electron chi connectivity index (χ4n) is 8.08. The zero-order chi connectivity index (χ0) is 17.3. The summed E-state index contributed by atoms with van der Waals surface area (Å²) in [7, 11) is 0. The molecule has 0 heteroatoms. The Balaban J connectivity index is 1.28. The van der Waals surface area contributed by atoms with E-state index >= 15 is 0 Å². The minimum absolute atomic E-state index is 0.797. The van der Waals surface area contributed by atoms with Crippen molar-refractivity contribution >= 4 is 0 Å². The quantitative estimate of drug-likeness (QED) is 0.472. The number of fused-ring (bicyclic) bond motifs is 3. The van der Waals surface area contributed by atoms with Crippen molar-refractivity contribution in [1.29, 1.82) is 0 Å². The van der Waals surface area contributed by atoms with Gasteiger partial charge in [0.05, 0.1) is 0 Å². The molecule has 0 aromatic carbocycles. The zero-order valence-corrected chi connectivity index (χ0v) is 17.3. The van der Waals surface area contributed by atoms with E-state index in [4.69, 9.17) is 0 Å². The Morgan fingerprint density at radius 1 is 0.640 bits per heavy atom. The number of hydrogen-bond donors (Lipinski definition) is 0. The summed E-state index contributed by atoms with van der Waals surface area (Å²) < 4.78 is 0. The van der Waals surface area contributed by atoms with E-state index < -0.39 is 0 Å². The minimum atomic E-state index is 0.797. The first kappa shape index (κ1) is 18.4. The van der Waals surface area contributed by atoms with Gasteiger partial charge in [-0.1, -0.05) is 39.5 Å². The first-order chi connectivity index (χ1) is 12.2. The Kier molecular flexibility index (Phi) is 5.55. The van der Waals surface area contributed by atoms with Crippen molar-refractivity contribution in [1.82, 2.24) is 0 Å². The molecule has 5 fully saturated rings. The third-order valence-electron chi connectivity index (χ3n) is 10.0. The summed E-state index contributed by atoms with van der Waals surface area (Å²) in [5.41, 5.74) is 1.60. The molecule has 0 amide bonds. The fraction of sp³-hybridized carbons (Fsp3) is 1.00. The molecule has 0 aromatic heterocycles. The van der Waals surface area contributed by atoms with Gasteiger partial charge in [0, 0.05) is 0 Å². The molecule has 0 N–H and O–H groups in total. The van der Waals surface area contributed by atoms with Crippen LogP contribution >= 0.6 is 0 Å². The van der Waals surface area contributed by atoms with Crippen LogP contribution in [0.5, 0.6) is 0 Å². The molecule has 5 rings (SSSR count). The zero-order valence-electron chi connectivity index (χ0n) is 17.3. The smallest absolute Gasteiger partial charge is 0.0269 e. The van der Waals surface area contributed by atoms with Gasteiger partial charge >= 0.3 is 0 Å². The topological polar surface area (TPSA) is 0 Å². The van der Waals surface area contributed by atoms with Crippen LogP contribution < -0.4 is 0 Å². The molecule has 2 bridgehead atoms. The fourth-order valence-corrected chi connectivity index (χ4v) is 8.08. The largest absolute Gasteiger partial charge is 0.0654 e. The summed E-state index contributed by atoms with van der Waals surface area (Å²) in [5.74, 6) is 4.39. The average Bonchev–Trinajstić information content (AvgIpc) is 2.70. The first-order valence-electron chi connectivity index (χ1n) is 12.2. The highest BCUT2D eigenvalue weighted by Gasteiger charge is 2.51. The normalized spacial score (nSPS) is 47.8. The van der Waals surface area contributed by atoms with Gasteiger partial charge in [0.1, 0.15) is 0 Å². The summed E-state index contributed by atoms with van der Waals surface area (Å²) in [6, 6.07) is 0. The highest BCUT2D eigenvalue weighted by molar-refractivity contribution is 5.02. The monoisotopic (exact) mass is 344 g/mol. The molecule has 0 spiro atoms. The van der Waals surface area contributed by atoms with E-state index in [0.717, 1.165) is 34.5 Å². The predicted molar refractivity (Wildman–Crippen MR) is 109 cm³/mol. The van der Waals surface area contributed by atoms with Crippen LogP contribution in [0.1, 0.15) is 123 Å². The summed E-state index contributed by atoms with van der Waals surface area (Å²) in [6.45, 7) is 4.81. The second kappa shape index (κ2) is 7.55. The Hall–Kier alpha value is 0. The Morgan fingerprint density at radius 3 is 1.64 bits per heavy atom. The van der Waals surface area contributed by atoms with Crippen LogP contribution in [-0.4, -0.2) is 0 Å². The van der Waals surface area contributed by atoms with Crippen molar-refractivity contribution in [2.75, 3.05) is 0 Å². The summed E-state index contributed by atoms with van der Waals surface area (Å²) in [5, 5.41) is 0. The predicted octanol–water partition coefficient (Wildman–Crippen LogP) is 8.15. The Bertz CT molecular complexity index is 395. The van der Waals surface area contributed by atoms with Crippen molar-refractivity contribution in [3.63, 3.8) is 0 Å². The maximum absolute atomic E-state index is 2.40. The molecule has 0 nitrogen and oxygen atoms in total. The van der Waals surface area contributed by atoms with Gasteiger partial charge in [-0.3, -0.25) is 0 Å². The maximum atomic E-state index is 2.40. The van der Waals surface area contributed by atoms with E-state index in [1.54, 1.807) is 89.9 Å². The molecule has 0 atom stereocenters. The molecule has 0 radical (unpaired) electrons. The number of hydrogen-bond acceptors (Lipinski definition) is 0. The lowest BCUT2D eigenvalue weighted by molar-refractivity contribution is -0.0674. The molecule has 0 heterocycles. The minimum Gasteiger partial charge on any atom is -0.0654 e. The van der Waals surface area contributed by atoms with Crippen LogP contribution in [0.15, 0.2) is 0 Å². The van der Waals surface area contributed by atoms with Gasteiger partial charge in [-0.25, -0.2) is 0 Å². The summed E-state index contributed by atoms with van der Waals surface area (Å²) in [6.07, 6.45) is 26.5. The molecule has 144 valence electrons. The maximum Gasteiger partial charge on any atom is -0.0269 e. The molecule has 5 aliphatic rings. The lowest BCUT2D eigenvalue weighted by Crippen LogP contribution is -2.46. The molecular weight excluding hydrogens is 300 g/mol. The molecule has 5 aliphatic carbocycles. The Labute approximate surface area is 157 Å².